The van der Waals surface area contributed by atoms with Crippen LogP contribution in [0.3, 0.4) is 0 Å². The van der Waals surface area contributed by atoms with Crippen molar-refractivity contribution in [3.05, 3.63) is 29.3 Å². The van der Waals surface area contributed by atoms with Crippen LogP contribution in [0.25, 0.3) is 0 Å². The fourth-order valence-electron chi connectivity index (χ4n) is 1.84. The van der Waals surface area contributed by atoms with Crippen LogP contribution in [-0.2, 0) is 11.3 Å². The highest BCUT2D eigenvalue weighted by molar-refractivity contribution is 5.77. The zero-order valence-corrected chi connectivity index (χ0v) is 14.2. The summed E-state index contributed by atoms with van der Waals surface area (Å²) in [6.45, 7) is 8.92. The van der Waals surface area contributed by atoms with Gasteiger partial charge in [-0.15, -0.1) is 0 Å². The van der Waals surface area contributed by atoms with Gasteiger partial charge < -0.3 is 20.5 Å². The molecule has 0 atom stereocenters. The molecule has 5 nitrogen and oxygen atoms in total. The van der Waals surface area contributed by atoms with Crippen LogP contribution >= 0.6 is 0 Å². The number of guanidine groups is 1. The molecule has 0 saturated heterocycles. The lowest BCUT2D eigenvalue weighted by Gasteiger charge is -2.13. The monoisotopic (exact) mass is 307 g/mol. The molecule has 0 aromatic heterocycles. The Kier molecular flexibility index (Phi) is 8.36. The van der Waals surface area contributed by atoms with Gasteiger partial charge in [0.05, 0.1) is 19.8 Å². The molecule has 0 heterocycles. The summed E-state index contributed by atoms with van der Waals surface area (Å²) in [5.41, 5.74) is 8.05. The average molecular weight is 307 g/mol. The summed E-state index contributed by atoms with van der Waals surface area (Å²) in [6, 6.07) is 6.17. The van der Waals surface area contributed by atoms with Crippen LogP contribution in [0.2, 0.25) is 0 Å². The lowest BCUT2D eigenvalue weighted by molar-refractivity contribution is 0.204. The van der Waals surface area contributed by atoms with Crippen LogP contribution in [0.15, 0.2) is 23.2 Å². The molecule has 3 N–H and O–H groups in total. The van der Waals surface area contributed by atoms with Gasteiger partial charge in [-0.25, -0.2) is 4.99 Å². The van der Waals surface area contributed by atoms with Crippen LogP contribution in [0.5, 0.6) is 5.75 Å². The van der Waals surface area contributed by atoms with E-state index in [9.17, 15) is 0 Å². The summed E-state index contributed by atoms with van der Waals surface area (Å²) in [6.07, 6.45) is 1.04. The number of methoxy groups -OCH3 is 1. The number of benzene rings is 1. The molecule has 1 aromatic rings. The smallest absolute Gasteiger partial charge is 0.189 e. The Balaban J connectivity index is 2.62. The molecule has 0 unspecified atom stereocenters. The first-order chi connectivity index (χ1) is 10.5. The Labute approximate surface area is 133 Å². The summed E-state index contributed by atoms with van der Waals surface area (Å²) in [4.78, 5) is 4.35. The number of hydrogen-bond acceptors (Lipinski definition) is 3. The number of ether oxygens (including phenoxy) is 2. The molecule has 0 amide bonds. The molecule has 0 aliphatic heterocycles. The number of aryl methyl sites for hydroxylation is 1. The normalized spacial score (nSPS) is 11.8. The van der Waals surface area contributed by atoms with Crippen molar-refractivity contribution < 1.29 is 9.47 Å². The van der Waals surface area contributed by atoms with Crippen molar-refractivity contribution in [1.82, 2.24) is 5.32 Å². The molecule has 0 saturated carbocycles. The van der Waals surface area contributed by atoms with Gasteiger partial charge in [0.1, 0.15) is 5.75 Å². The predicted molar refractivity (Wildman–Crippen MR) is 91.3 cm³/mol. The van der Waals surface area contributed by atoms with Gasteiger partial charge >= 0.3 is 0 Å². The Bertz CT molecular complexity index is 473. The molecule has 0 bridgehead atoms. The molecular weight excluding hydrogens is 278 g/mol. The van der Waals surface area contributed by atoms with Gasteiger partial charge in [-0.1, -0.05) is 26.0 Å². The summed E-state index contributed by atoms with van der Waals surface area (Å²) in [5, 5.41) is 3.00. The number of rotatable bonds is 9. The molecule has 22 heavy (non-hydrogen) atoms. The minimum absolute atomic E-state index is 0.422. The van der Waals surface area contributed by atoms with E-state index in [1.807, 2.05) is 6.07 Å². The maximum atomic E-state index is 5.91. The van der Waals surface area contributed by atoms with Crippen molar-refractivity contribution >= 4 is 5.96 Å². The Morgan fingerprint density at radius 2 is 2.09 bits per heavy atom. The highest BCUT2D eigenvalue weighted by Gasteiger charge is 2.05. The van der Waals surface area contributed by atoms with E-state index in [4.69, 9.17) is 15.2 Å². The zero-order valence-electron chi connectivity index (χ0n) is 14.2. The van der Waals surface area contributed by atoms with Crippen LogP contribution in [0.1, 0.15) is 31.4 Å². The molecule has 1 aromatic carbocycles. The fraction of sp³-hybridized carbons (Fsp3) is 0.588. The van der Waals surface area contributed by atoms with Crippen LogP contribution < -0.4 is 15.8 Å². The Morgan fingerprint density at radius 1 is 1.32 bits per heavy atom. The third-order valence-electron chi connectivity index (χ3n) is 3.21. The second-order valence-electron chi connectivity index (χ2n) is 5.76. The van der Waals surface area contributed by atoms with E-state index in [0.29, 0.717) is 31.6 Å². The number of nitrogens with one attached hydrogen (secondary N) is 1. The average Bonchev–Trinajstić information content (AvgIpc) is 2.46. The quantitative estimate of drug-likeness (QED) is 0.418. The van der Waals surface area contributed by atoms with Crippen LogP contribution in [0.4, 0.5) is 0 Å². The molecular formula is C17H29N3O2. The van der Waals surface area contributed by atoms with E-state index < -0.39 is 0 Å². The summed E-state index contributed by atoms with van der Waals surface area (Å²) in [5.74, 6) is 1.95. The number of aliphatic imine (C=N–C) groups is 1. The second kappa shape index (κ2) is 10.1. The molecule has 0 aliphatic rings. The van der Waals surface area contributed by atoms with Gasteiger partial charge in [-0.2, -0.15) is 0 Å². The number of nitrogens with two attached hydrogens (primary N) is 1. The first-order valence-corrected chi connectivity index (χ1v) is 7.78. The Morgan fingerprint density at radius 3 is 2.77 bits per heavy atom. The van der Waals surface area contributed by atoms with Gasteiger partial charge in [0.25, 0.3) is 0 Å². The maximum Gasteiger partial charge on any atom is 0.189 e. The predicted octanol–water partition coefficient (Wildman–Crippen LogP) is 2.47. The van der Waals surface area contributed by atoms with Gasteiger partial charge in [0, 0.05) is 19.2 Å². The third-order valence-corrected chi connectivity index (χ3v) is 3.21. The third kappa shape index (κ3) is 7.31. The summed E-state index contributed by atoms with van der Waals surface area (Å²) in [7, 11) is 1.65. The molecule has 0 spiro atoms. The SMILES string of the molecule is COCCNC(N)=NCc1ccc(C)cc1OCCC(C)C. The van der Waals surface area contributed by atoms with Crippen LogP contribution in [0, 0.1) is 12.8 Å². The molecule has 124 valence electrons. The Hall–Kier alpha value is -1.75. The van der Waals surface area contributed by atoms with E-state index in [-0.39, 0.29) is 0 Å². The van der Waals surface area contributed by atoms with Crippen molar-refractivity contribution in [2.45, 2.75) is 33.7 Å². The van der Waals surface area contributed by atoms with Gasteiger partial charge in [0.2, 0.25) is 0 Å². The van der Waals surface area contributed by atoms with Crippen molar-refractivity contribution in [3.8, 4) is 5.75 Å². The van der Waals surface area contributed by atoms with Gasteiger partial charge in [0.15, 0.2) is 5.96 Å². The molecule has 0 fully saturated rings. The molecule has 5 heteroatoms. The lowest BCUT2D eigenvalue weighted by atomic mass is 10.1. The molecule has 1 rings (SSSR count). The maximum absolute atomic E-state index is 5.91. The lowest BCUT2D eigenvalue weighted by Crippen LogP contribution is -2.34. The van der Waals surface area contributed by atoms with E-state index in [0.717, 1.165) is 24.3 Å². The minimum Gasteiger partial charge on any atom is -0.493 e. The second-order valence-corrected chi connectivity index (χ2v) is 5.76. The zero-order chi connectivity index (χ0) is 16.4. The van der Waals surface area contributed by atoms with Gasteiger partial charge in [-0.05, 0) is 30.9 Å². The van der Waals surface area contributed by atoms with E-state index in [1.165, 1.54) is 5.56 Å². The topological polar surface area (TPSA) is 68.9 Å². The minimum atomic E-state index is 0.422. The van der Waals surface area contributed by atoms with E-state index >= 15 is 0 Å². The van der Waals surface area contributed by atoms with Crippen molar-refractivity contribution in [2.75, 3.05) is 26.9 Å². The van der Waals surface area contributed by atoms with Crippen molar-refractivity contribution in [3.63, 3.8) is 0 Å². The molecule has 0 radical (unpaired) electrons. The highest BCUT2D eigenvalue weighted by Crippen LogP contribution is 2.21. The van der Waals surface area contributed by atoms with E-state index in [2.05, 4.69) is 43.2 Å². The first kappa shape index (κ1) is 18.3. The van der Waals surface area contributed by atoms with Crippen molar-refractivity contribution in [2.24, 2.45) is 16.6 Å². The largest absolute Gasteiger partial charge is 0.493 e. The van der Waals surface area contributed by atoms with Gasteiger partial charge in [-0.3, -0.25) is 0 Å². The van der Waals surface area contributed by atoms with Crippen molar-refractivity contribution in [1.29, 1.82) is 0 Å². The first-order valence-electron chi connectivity index (χ1n) is 7.78. The summed E-state index contributed by atoms with van der Waals surface area (Å²) < 4.78 is 10.9. The summed E-state index contributed by atoms with van der Waals surface area (Å²) >= 11 is 0. The standard InChI is InChI=1S/C17H29N3O2/c1-13(2)7-9-22-16-11-14(3)5-6-15(16)12-20-17(18)19-8-10-21-4/h5-6,11,13H,7-10,12H2,1-4H3,(H3,18,19,20). The van der Waals surface area contributed by atoms with E-state index in [1.54, 1.807) is 7.11 Å². The molecule has 0 aliphatic carbocycles. The highest BCUT2D eigenvalue weighted by atomic mass is 16.5. The number of hydrogen-bond donors (Lipinski definition) is 2. The number of nitrogens with zero attached hydrogens (tertiary/aromatic N) is 1. The fourth-order valence-corrected chi connectivity index (χ4v) is 1.84. The van der Waals surface area contributed by atoms with Crippen LogP contribution in [-0.4, -0.2) is 32.8 Å².